The van der Waals surface area contributed by atoms with Gasteiger partial charge in [0, 0.05) is 19.6 Å². The fraction of sp³-hybridized carbons (Fsp3) is 0.923. The van der Waals surface area contributed by atoms with Gasteiger partial charge in [0.1, 0.15) is 5.60 Å². The minimum atomic E-state index is -0.361. The largest absolute Gasteiger partial charge is 0.444 e. The third-order valence-corrected chi connectivity index (χ3v) is 5.52. The summed E-state index contributed by atoms with van der Waals surface area (Å²) in [6.45, 7) is 10.5. The molecule has 5 nitrogen and oxygen atoms in total. The van der Waals surface area contributed by atoms with Crippen molar-refractivity contribution >= 4 is 12.5 Å². The van der Waals surface area contributed by atoms with Crippen molar-refractivity contribution in [2.24, 2.45) is 0 Å². The topological polar surface area (TPSA) is 58.6 Å². The molecule has 0 spiro atoms. The van der Waals surface area contributed by atoms with Gasteiger partial charge in [0.05, 0.1) is 0 Å². The molecule has 0 aromatic carbocycles. The number of nitrogens with zero attached hydrogens (tertiary/aromatic N) is 1. The maximum Gasteiger partial charge on any atom is 0.410 e. The second kappa shape index (κ2) is 20.6. The number of carbonyl (C=O) groups excluding carboxylic acids is 2. The van der Waals surface area contributed by atoms with E-state index in [9.17, 15) is 9.59 Å². The van der Waals surface area contributed by atoms with Crippen molar-refractivity contribution in [2.45, 2.75) is 136 Å². The lowest BCUT2D eigenvalue weighted by molar-refractivity contribution is -0.109. The molecule has 1 saturated heterocycles. The molecule has 0 radical (unpaired) electrons. The van der Waals surface area contributed by atoms with Gasteiger partial charge in [-0.3, -0.25) is 4.79 Å². The van der Waals surface area contributed by atoms with E-state index in [1.165, 1.54) is 83.5 Å². The summed E-state index contributed by atoms with van der Waals surface area (Å²) >= 11 is 0. The standard InChI is InChI=1S/C17H35NO.C9H17NO2/c1-2-3-4-5-6-7-8-9-10-11-12-13-14-15-16-18-17-19;1-9(2,3)12-8(11)10-6-4-5-7-10/h17H,2-16H2,1H3,(H,18,19);4-7H2,1-3H3. The first-order chi connectivity index (χ1) is 14.9. The molecule has 1 N–H and O–H groups in total. The summed E-state index contributed by atoms with van der Waals surface area (Å²) in [5.74, 6) is 0. The molecule has 1 fully saturated rings. The number of likely N-dealkylation sites (tertiary alicyclic amines) is 1. The van der Waals surface area contributed by atoms with Crippen molar-refractivity contribution in [2.75, 3.05) is 19.6 Å². The number of hydrogen-bond donors (Lipinski definition) is 1. The fourth-order valence-electron chi connectivity index (χ4n) is 3.71. The number of carbonyl (C=O) groups is 2. The van der Waals surface area contributed by atoms with Gasteiger partial charge in [-0.2, -0.15) is 0 Å². The summed E-state index contributed by atoms with van der Waals surface area (Å²) in [5.41, 5.74) is -0.361. The number of unbranched alkanes of at least 4 members (excludes halogenated alkanes) is 13. The SMILES string of the molecule is CC(C)(C)OC(=O)N1CCCC1.CCCCCCCCCCCCCCCCNC=O. The van der Waals surface area contributed by atoms with E-state index >= 15 is 0 Å². The second-order valence-electron chi connectivity index (χ2n) is 9.84. The zero-order chi connectivity index (χ0) is 23.2. The highest BCUT2D eigenvalue weighted by Crippen LogP contribution is 2.14. The molecule has 31 heavy (non-hydrogen) atoms. The van der Waals surface area contributed by atoms with Crippen LogP contribution in [0.25, 0.3) is 0 Å². The second-order valence-corrected chi connectivity index (χ2v) is 9.84. The fourth-order valence-corrected chi connectivity index (χ4v) is 3.71. The van der Waals surface area contributed by atoms with Crippen LogP contribution in [0, 0.1) is 0 Å². The van der Waals surface area contributed by atoms with Gasteiger partial charge in [0.25, 0.3) is 0 Å². The lowest BCUT2D eigenvalue weighted by Crippen LogP contribution is -2.34. The zero-order valence-corrected chi connectivity index (χ0v) is 21.2. The van der Waals surface area contributed by atoms with Crippen LogP contribution in [0.5, 0.6) is 0 Å². The molecule has 1 aliphatic rings. The molecular formula is C26H52N2O3. The molecule has 1 aliphatic heterocycles. The van der Waals surface area contributed by atoms with Crippen molar-refractivity contribution in [3.8, 4) is 0 Å². The van der Waals surface area contributed by atoms with Gasteiger partial charge in [-0.05, 0) is 40.0 Å². The summed E-state index contributed by atoms with van der Waals surface area (Å²) in [6, 6.07) is 0. The first-order valence-corrected chi connectivity index (χ1v) is 13.1. The third-order valence-electron chi connectivity index (χ3n) is 5.52. The van der Waals surface area contributed by atoms with Crippen LogP contribution < -0.4 is 5.32 Å². The molecule has 184 valence electrons. The minimum absolute atomic E-state index is 0.167. The minimum Gasteiger partial charge on any atom is -0.444 e. The normalized spacial score (nSPS) is 13.5. The monoisotopic (exact) mass is 440 g/mol. The number of ether oxygens (including phenoxy) is 1. The van der Waals surface area contributed by atoms with E-state index in [0.29, 0.717) is 0 Å². The molecule has 0 aromatic heterocycles. The van der Waals surface area contributed by atoms with Crippen LogP contribution in [0.3, 0.4) is 0 Å². The summed E-state index contributed by atoms with van der Waals surface area (Å²) in [6.07, 6.45) is 22.2. The van der Waals surface area contributed by atoms with E-state index in [-0.39, 0.29) is 11.7 Å². The third kappa shape index (κ3) is 21.7. The Kier molecular flexibility index (Phi) is 19.8. The first kappa shape index (κ1) is 29.7. The Balaban J connectivity index is 0.000000639. The Labute approximate surface area is 193 Å². The van der Waals surface area contributed by atoms with Crippen LogP contribution >= 0.6 is 0 Å². The van der Waals surface area contributed by atoms with Crippen LogP contribution in [0.2, 0.25) is 0 Å². The van der Waals surface area contributed by atoms with E-state index in [1.807, 2.05) is 20.8 Å². The van der Waals surface area contributed by atoms with Crippen molar-refractivity contribution in [1.29, 1.82) is 0 Å². The lowest BCUT2D eigenvalue weighted by atomic mass is 10.0. The molecule has 0 saturated carbocycles. The molecule has 0 aromatic rings. The number of rotatable bonds is 16. The van der Waals surface area contributed by atoms with Gasteiger partial charge in [0.15, 0.2) is 0 Å². The van der Waals surface area contributed by atoms with Gasteiger partial charge in [0.2, 0.25) is 6.41 Å². The summed E-state index contributed by atoms with van der Waals surface area (Å²) in [7, 11) is 0. The summed E-state index contributed by atoms with van der Waals surface area (Å²) < 4.78 is 5.21. The molecular weight excluding hydrogens is 388 g/mol. The molecule has 0 atom stereocenters. The molecule has 5 heteroatoms. The molecule has 2 amide bonds. The van der Waals surface area contributed by atoms with Crippen molar-refractivity contribution < 1.29 is 14.3 Å². The summed E-state index contributed by atoms with van der Waals surface area (Å²) in [5, 5.41) is 2.71. The van der Waals surface area contributed by atoms with E-state index < -0.39 is 0 Å². The predicted octanol–water partition coefficient (Wildman–Crippen LogP) is 7.23. The smallest absolute Gasteiger partial charge is 0.410 e. The van der Waals surface area contributed by atoms with E-state index in [1.54, 1.807) is 4.90 Å². The Bertz CT molecular complexity index is 415. The first-order valence-electron chi connectivity index (χ1n) is 13.1. The van der Waals surface area contributed by atoms with Gasteiger partial charge in [-0.15, -0.1) is 0 Å². The van der Waals surface area contributed by atoms with E-state index in [0.717, 1.165) is 45.3 Å². The number of hydrogen-bond acceptors (Lipinski definition) is 3. The molecule has 0 unspecified atom stereocenters. The van der Waals surface area contributed by atoms with Gasteiger partial charge < -0.3 is 15.0 Å². The van der Waals surface area contributed by atoms with Crippen LogP contribution in [0.1, 0.15) is 130 Å². The van der Waals surface area contributed by atoms with Gasteiger partial charge in [-0.1, -0.05) is 90.4 Å². The molecule has 1 rings (SSSR count). The van der Waals surface area contributed by atoms with Crippen LogP contribution in [-0.2, 0) is 9.53 Å². The average Bonchev–Trinajstić information content (AvgIpc) is 3.25. The Hall–Kier alpha value is -1.26. The van der Waals surface area contributed by atoms with Crippen molar-refractivity contribution in [3.05, 3.63) is 0 Å². The van der Waals surface area contributed by atoms with E-state index in [2.05, 4.69) is 12.2 Å². The van der Waals surface area contributed by atoms with Gasteiger partial charge in [-0.25, -0.2) is 4.79 Å². The Morgan fingerprint density at radius 3 is 1.61 bits per heavy atom. The molecule has 0 aliphatic carbocycles. The summed E-state index contributed by atoms with van der Waals surface area (Å²) in [4.78, 5) is 23.2. The van der Waals surface area contributed by atoms with Gasteiger partial charge >= 0.3 is 6.09 Å². The zero-order valence-electron chi connectivity index (χ0n) is 21.2. The van der Waals surface area contributed by atoms with Crippen LogP contribution in [0.4, 0.5) is 4.79 Å². The quantitative estimate of drug-likeness (QED) is 0.203. The highest BCUT2D eigenvalue weighted by atomic mass is 16.6. The van der Waals surface area contributed by atoms with E-state index in [4.69, 9.17) is 4.74 Å². The van der Waals surface area contributed by atoms with Crippen molar-refractivity contribution in [1.82, 2.24) is 10.2 Å². The Morgan fingerprint density at radius 1 is 0.806 bits per heavy atom. The van der Waals surface area contributed by atoms with Crippen molar-refractivity contribution in [3.63, 3.8) is 0 Å². The maximum atomic E-state index is 11.4. The highest BCUT2D eigenvalue weighted by molar-refractivity contribution is 5.68. The van der Waals surface area contributed by atoms with Crippen LogP contribution in [-0.4, -0.2) is 42.6 Å². The molecule has 0 bridgehead atoms. The highest BCUT2D eigenvalue weighted by Gasteiger charge is 2.23. The Morgan fingerprint density at radius 2 is 1.23 bits per heavy atom. The number of amides is 2. The lowest BCUT2D eigenvalue weighted by Gasteiger charge is -2.23. The molecule has 1 heterocycles. The average molecular weight is 441 g/mol. The van der Waals surface area contributed by atoms with Crippen LogP contribution in [0.15, 0.2) is 0 Å². The number of nitrogens with one attached hydrogen (secondary N) is 1. The predicted molar refractivity (Wildman–Crippen MR) is 131 cm³/mol. The maximum absolute atomic E-state index is 11.4.